The van der Waals surface area contributed by atoms with Crippen molar-refractivity contribution in [2.75, 3.05) is 0 Å². The number of nitrogens with zero attached hydrogens (tertiary/aromatic N) is 1. The highest BCUT2D eigenvalue weighted by Gasteiger charge is 1.70. The summed E-state index contributed by atoms with van der Waals surface area (Å²) in [5.41, 5.74) is -0.164. The molecule has 50 valence electrons. The number of H-pyrrole nitrogens is 1. The van der Waals surface area contributed by atoms with Crippen molar-refractivity contribution in [1.29, 1.82) is 0 Å². The third-order valence-corrected chi connectivity index (χ3v) is 0.583. The van der Waals surface area contributed by atoms with Crippen LogP contribution in [0.15, 0.2) is 23.1 Å². The molecule has 0 aliphatic heterocycles. The van der Waals surface area contributed by atoms with E-state index in [1.807, 2.05) is 0 Å². The molecule has 0 bridgehead atoms. The van der Waals surface area contributed by atoms with Crippen molar-refractivity contribution in [3.05, 3.63) is 28.7 Å². The van der Waals surface area contributed by atoms with Crippen LogP contribution in [0.25, 0.3) is 0 Å². The van der Waals surface area contributed by atoms with Crippen LogP contribution in [0.1, 0.15) is 0 Å². The summed E-state index contributed by atoms with van der Waals surface area (Å²) in [5.74, 6) is 0. The van der Waals surface area contributed by atoms with Gasteiger partial charge in [0, 0.05) is 12.3 Å². The Hall–Kier alpha value is -0.870. The molecule has 0 spiro atoms. The lowest BCUT2D eigenvalue weighted by molar-refractivity contribution is 0.988. The van der Waals surface area contributed by atoms with Gasteiger partial charge < -0.3 is 0 Å². The first-order chi connectivity index (χ1) is 4.39. The Balaban J connectivity index is 0.000000291. The van der Waals surface area contributed by atoms with Crippen molar-refractivity contribution in [3.63, 3.8) is 0 Å². The van der Waals surface area contributed by atoms with Crippen molar-refractivity contribution in [2.24, 2.45) is 5.25 Å². The maximum Gasteiger partial charge on any atom is 0.264 e. The lowest BCUT2D eigenvalue weighted by Gasteiger charge is -1.72. The number of halogens is 1. The van der Waals surface area contributed by atoms with Crippen LogP contribution in [0, 0.1) is 0 Å². The molecule has 0 radical (unpaired) electrons. The highest BCUT2D eigenvalue weighted by atomic mass is 35.5. The number of aromatic amines is 1. The summed E-state index contributed by atoms with van der Waals surface area (Å²) in [6.07, 6.45) is 1.52. The van der Waals surface area contributed by atoms with E-state index in [-0.39, 0.29) is 5.56 Å². The fourth-order valence-electron chi connectivity index (χ4n) is 0.312. The number of rotatable bonds is 0. The predicted molar refractivity (Wildman–Crippen MR) is 34.9 cm³/mol. The fraction of sp³-hybridized carbons (Fsp3) is 0. The largest absolute Gasteiger partial charge is 0.268 e. The first-order valence-corrected chi connectivity index (χ1v) is 2.55. The molecule has 0 saturated heterocycles. The van der Waals surface area contributed by atoms with E-state index in [0.29, 0.717) is 0 Å². The molecule has 4 nitrogen and oxygen atoms in total. The number of hydrogen-bond acceptors (Lipinski definition) is 3. The average molecular weight is 148 g/mol. The van der Waals surface area contributed by atoms with E-state index in [1.54, 1.807) is 6.07 Å². The van der Waals surface area contributed by atoms with Crippen LogP contribution in [0.4, 0.5) is 0 Å². The summed E-state index contributed by atoms with van der Waals surface area (Å²) < 4.78 is 0. The van der Waals surface area contributed by atoms with E-state index in [4.69, 9.17) is 0 Å². The summed E-state index contributed by atoms with van der Waals surface area (Å²) in [6, 6.07) is 2.99. The first-order valence-electron chi connectivity index (χ1n) is 2.11. The number of hydrogen-bond donors (Lipinski definition) is 2. The van der Waals surface area contributed by atoms with Gasteiger partial charge in [0.1, 0.15) is 0 Å². The summed E-state index contributed by atoms with van der Waals surface area (Å²) >= 11 is 4.14. The molecule has 0 amide bonds. The van der Waals surface area contributed by atoms with Gasteiger partial charge in [-0.3, -0.25) is 4.79 Å². The predicted octanol–water partition coefficient (Wildman–Crippen LogP) is -0.131. The van der Waals surface area contributed by atoms with Crippen LogP contribution in [-0.4, -0.2) is 10.2 Å². The zero-order chi connectivity index (χ0) is 7.11. The van der Waals surface area contributed by atoms with Crippen LogP contribution in [0.2, 0.25) is 0 Å². The van der Waals surface area contributed by atoms with Gasteiger partial charge in [0.2, 0.25) is 0 Å². The molecule has 3 N–H and O–H groups in total. The summed E-state index contributed by atoms with van der Waals surface area (Å²) in [5, 5.41) is 9.64. The average Bonchev–Trinajstić information content (AvgIpc) is 1.94. The van der Waals surface area contributed by atoms with E-state index in [2.05, 4.69) is 27.2 Å². The maximum absolute atomic E-state index is 10.2. The van der Waals surface area contributed by atoms with Gasteiger partial charge in [-0.05, 0) is 17.8 Å². The maximum atomic E-state index is 10.2. The van der Waals surface area contributed by atoms with Gasteiger partial charge in [0.15, 0.2) is 0 Å². The molecule has 0 atom stereocenters. The zero-order valence-corrected chi connectivity index (χ0v) is 5.30. The Morgan fingerprint density at radius 2 is 2.33 bits per heavy atom. The first kappa shape index (κ1) is 8.13. The second kappa shape index (κ2) is 5.27. The molecule has 5 heteroatoms. The highest BCUT2D eigenvalue weighted by molar-refractivity contribution is 6.11. The Morgan fingerprint density at radius 3 is 2.56 bits per heavy atom. The molecule has 1 aromatic heterocycles. The number of aromatic nitrogens is 2. The Morgan fingerprint density at radius 1 is 1.67 bits per heavy atom. The second-order valence-electron chi connectivity index (χ2n) is 1.11. The smallest absolute Gasteiger partial charge is 0.264 e. The van der Waals surface area contributed by atoms with Gasteiger partial charge in [-0.1, -0.05) is 0 Å². The van der Waals surface area contributed by atoms with Crippen LogP contribution in [0.3, 0.4) is 0 Å². The molecule has 1 aromatic rings. The van der Waals surface area contributed by atoms with E-state index in [0.717, 1.165) is 0 Å². The van der Waals surface area contributed by atoms with Gasteiger partial charge >= 0.3 is 0 Å². The van der Waals surface area contributed by atoms with E-state index in [1.165, 1.54) is 12.3 Å². The van der Waals surface area contributed by atoms with E-state index in [9.17, 15) is 4.79 Å². The van der Waals surface area contributed by atoms with Gasteiger partial charge in [-0.25, -0.2) is 10.4 Å². The lowest BCUT2D eigenvalue weighted by atomic mass is 10.6. The minimum absolute atomic E-state index is 0.164. The monoisotopic (exact) mass is 147 g/mol. The zero-order valence-electron chi connectivity index (χ0n) is 4.54. The Bertz CT molecular complexity index is 182. The summed E-state index contributed by atoms with van der Waals surface area (Å²) in [6.45, 7) is 0. The van der Waals surface area contributed by atoms with E-state index >= 15 is 0 Å². The summed E-state index contributed by atoms with van der Waals surface area (Å²) in [7, 11) is 0. The van der Waals surface area contributed by atoms with Crippen molar-refractivity contribution < 1.29 is 0 Å². The number of nitrogens with one attached hydrogen (secondary N) is 1. The van der Waals surface area contributed by atoms with Gasteiger partial charge in [-0.15, -0.1) is 0 Å². The molecule has 0 aliphatic carbocycles. The highest BCUT2D eigenvalue weighted by Crippen LogP contribution is 1.60. The molecule has 0 aliphatic rings. The van der Waals surface area contributed by atoms with Crippen LogP contribution in [-0.2, 0) is 0 Å². The van der Waals surface area contributed by atoms with Crippen molar-refractivity contribution in [3.8, 4) is 0 Å². The lowest BCUT2D eigenvalue weighted by Crippen LogP contribution is -2.02. The standard InChI is InChI=1S/C4H4N2O.ClH2N/c7-4-2-1-3-5-6-4;1-2/h1-3H,(H,6,7);2H2. The Labute approximate surface area is 56.8 Å². The van der Waals surface area contributed by atoms with Crippen LogP contribution >= 0.6 is 11.8 Å². The molecular formula is C4H6ClN3O. The van der Waals surface area contributed by atoms with E-state index < -0.39 is 0 Å². The molecule has 9 heavy (non-hydrogen) atoms. The SMILES string of the molecule is NCl.O=c1cccn[nH]1. The van der Waals surface area contributed by atoms with Crippen LogP contribution < -0.4 is 10.8 Å². The molecule has 0 fully saturated rings. The van der Waals surface area contributed by atoms with Crippen molar-refractivity contribution >= 4 is 11.8 Å². The van der Waals surface area contributed by atoms with Crippen molar-refractivity contribution in [2.45, 2.75) is 0 Å². The minimum atomic E-state index is -0.164. The second-order valence-corrected chi connectivity index (χ2v) is 1.11. The van der Waals surface area contributed by atoms with Gasteiger partial charge in [0.25, 0.3) is 5.56 Å². The third-order valence-electron chi connectivity index (χ3n) is 0.583. The normalized spacial score (nSPS) is 7.33. The topological polar surface area (TPSA) is 71.8 Å². The van der Waals surface area contributed by atoms with Crippen LogP contribution in [0.5, 0.6) is 0 Å². The van der Waals surface area contributed by atoms with Gasteiger partial charge in [-0.2, -0.15) is 5.10 Å². The summed E-state index contributed by atoms with van der Waals surface area (Å²) in [4.78, 5) is 10.2. The fourth-order valence-corrected chi connectivity index (χ4v) is 0.312. The quantitative estimate of drug-likeness (QED) is 0.502. The molecule has 0 aromatic carbocycles. The molecule has 0 saturated carbocycles. The van der Waals surface area contributed by atoms with Crippen molar-refractivity contribution in [1.82, 2.24) is 10.2 Å². The molecular weight excluding hydrogens is 142 g/mol. The van der Waals surface area contributed by atoms with Gasteiger partial charge in [0.05, 0.1) is 0 Å². The third kappa shape index (κ3) is 3.69. The minimum Gasteiger partial charge on any atom is -0.268 e. The number of nitrogens with two attached hydrogens (primary N) is 1. The molecule has 1 rings (SSSR count). The molecule has 0 unspecified atom stereocenters. The molecule has 1 heterocycles. The Kier molecular flexibility index (Phi) is 4.76.